The summed E-state index contributed by atoms with van der Waals surface area (Å²) in [7, 11) is 0. The van der Waals surface area contributed by atoms with Crippen molar-refractivity contribution in [2.24, 2.45) is 0 Å². The second-order valence-corrected chi connectivity index (χ2v) is 6.60. The molecule has 0 aliphatic heterocycles. The van der Waals surface area contributed by atoms with Gasteiger partial charge in [0.05, 0.1) is 26.8 Å². The highest BCUT2D eigenvalue weighted by atomic mass is 79.9. The minimum atomic E-state index is 0.508. The lowest BCUT2D eigenvalue weighted by Gasteiger charge is -2.09. The molecule has 2 nitrogen and oxygen atoms in total. The Kier molecular flexibility index (Phi) is 3.67. The molecule has 2 aromatic carbocycles. The highest BCUT2D eigenvalue weighted by Gasteiger charge is 2.11. The summed E-state index contributed by atoms with van der Waals surface area (Å²) < 4.78 is 3.57. The summed E-state index contributed by atoms with van der Waals surface area (Å²) in [6, 6.07) is 9.68. The number of hydrogen-bond acceptors (Lipinski definition) is 1. The number of H-pyrrole nitrogens is 1. The van der Waals surface area contributed by atoms with E-state index in [1.54, 1.807) is 6.07 Å². The monoisotopic (exact) mass is 386 g/mol. The SMILES string of the molecule is Cc1ccc(Br)cc1-n1c(=S)[nH]c2cc(Cl)c(Cl)cc21. The van der Waals surface area contributed by atoms with E-state index in [4.69, 9.17) is 35.4 Å². The minimum absolute atomic E-state index is 0.508. The van der Waals surface area contributed by atoms with Gasteiger partial charge in [0.15, 0.2) is 4.77 Å². The predicted molar refractivity (Wildman–Crippen MR) is 90.9 cm³/mol. The largest absolute Gasteiger partial charge is 0.330 e. The maximum absolute atomic E-state index is 6.12. The lowest BCUT2D eigenvalue weighted by atomic mass is 10.2. The number of benzene rings is 2. The Bertz CT molecular complexity index is 883. The van der Waals surface area contributed by atoms with Gasteiger partial charge in [-0.25, -0.2) is 0 Å². The maximum atomic E-state index is 6.12. The normalized spacial score (nSPS) is 11.2. The fourth-order valence-corrected chi connectivity index (χ4v) is 3.14. The van der Waals surface area contributed by atoms with E-state index in [1.807, 2.05) is 35.8 Å². The van der Waals surface area contributed by atoms with E-state index in [0.717, 1.165) is 26.8 Å². The van der Waals surface area contributed by atoms with Crippen molar-refractivity contribution in [1.82, 2.24) is 9.55 Å². The van der Waals surface area contributed by atoms with Crippen LogP contribution in [0.4, 0.5) is 0 Å². The molecule has 0 atom stereocenters. The van der Waals surface area contributed by atoms with Crippen molar-refractivity contribution in [1.29, 1.82) is 0 Å². The van der Waals surface area contributed by atoms with Gasteiger partial charge in [-0.1, -0.05) is 45.2 Å². The first kappa shape index (κ1) is 14.1. The van der Waals surface area contributed by atoms with Crippen LogP contribution in [0.2, 0.25) is 10.0 Å². The molecule has 0 aliphatic rings. The molecule has 102 valence electrons. The topological polar surface area (TPSA) is 20.7 Å². The standard InChI is InChI=1S/C14H9BrCl2N2S/c1-7-2-3-8(15)4-12(7)19-13-6-10(17)9(16)5-11(13)18-14(19)20/h2-6H,1H3,(H,18,20). The van der Waals surface area contributed by atoms with E-state index >= 15 is 0 Å². The van der Waals surface area contributed by atoms with Crippen LogP contribution in [0.15, 0.2) is 34.8 Å². The Morgan fingerprint density at radius 2 is 1.85 bits per heavy atom. The zero-order valence-electron chi connectivity index (χ0n) is 10.4. The third kappa shape index (κ3) is 2.31. The molecule has 0 amide bonds. The lowest BCUT2D eigenvalue weighted by Crippen LogP contribution is -1.97. The predicted octanol–water partition coefficient (Wildman–Crippen LogP) is 6.07. The molecule has 0 saturated carbocycles. The number of nitrogens with one attached hydrogen (secondary N) is 1. The van der Waals surface area contributed by atoms with Gasteiger partial charge in [0.1, 0.15) is 0 Å². The molecule has 0 unspecified atom stereocenters. The first-order chi connectivity index (χ1) is 9.47. The molecule has 0 bridgehead atoms. The number of halogens is 3. The van der Waals surface area contributed by atoms with Crippen LogP contribution in [-0.2, 0) is 0 Å². The summed E-state index contributed by atoms with van der Waals surface area (Å²) in [6.45, 7) is 2.04. The molecule has 0 radical (unpaired) electrons. The van der Waals surface area contributed by atoms with Crippen LogP contribution in [0.25, 0.3) is 16.7 Å². The summed E-state index contributed by atoms with van der Waals surface area (Å²) in [5.74, 6) is 0. The highest BCUT2D eigenvalue weighted by molar-refractivity contribution is 9.10. The molecular weight excluding hydrogens is 379 g/mol. The van der Waals surface area contributed by atoms with Gasteiger partial charge < -0.3 is 4.98 Å². The van der Waals surface area contributed by atoms with Crippen molar-refractivity contribution in [2.45, 2.75) is 6.92 Å². The first-order valence-corrected chi connectivity index (χ1v) is 7.79. The third-order valence-corrected chi connectivity index (χ3v) is 4.64. The summed E-state index contributed by atoms with van der Waals surface area (Å²) >= 11 is 21.1. The zero-order valence-corrected chi connectivity index (χ0v) is 14.3. The van der Waals surface area contributed by atoms with Crippen LogP contribution in [0, 0.1) is 11.7 Å². The Morgan fingerprint density at radius 3 is 2.60 bits per heavy atom. The van der Waals surface area contributed by atoms with Gasteiger partial charge in [-0.3, -0.25) is 4.57 Å². The van der Waals surface area contributed by atoms with E-state index < -0.39 is 0 Å². The second kappa shape index (κ2) is 5.19. The van der Waals surface area contributed by atoms with Gasteiger partial charge in [-0.2, -0.15) is 0 Å². The summed E-state index contributed by atoms with van der Waals surface area (Å²) in [4.78, 5) is 3.16. The number of rotatable bonds is 1. The van der Waals surface area contributed by atoms with Crippen molar-refractivity contribution in [2.75, 3.05) is 0 Å². The molecule has 0 spiro atoms. The maximum Gasteiger partial charge on any atom is 0.182 e. The molecule has 20 heavy (non-hydrogen) atoms. The van der Waals surface area contributed by atoms with Gasteiger partial charge in [-0.05, 0) is 49.0 Å². The highest BCUT2D eigenvalue weighted by Crippen LogP contribution is 2.30. The number of imidazole rings is 1. The van der Waals surface area contributed by atoms with Crippen LogP contribution in [0.5, 0.6) is 0 Å². The van der Waals surface area contributed by atoms with Crippen LogP contribution in [0.1, 0.15) is 5.56 Å². The molecular formula is C14H9BrCl2N2S. The fraction of sp³-hybridized carbons (Fsp3) is 0.0714. The van der Waals surface area contributed by atoms with Crippen LogP contribution >= 0.6 is 51.3 Å². The molecule has 0 saturated heterocycles. The van der Waals surface area contributed by atoms with Gasteiger partial charge in [0, 0.05) is 4.47 Å². The molecule has 1 heterocycles. The Hall–Kier alpha value is -0.810. The van der Waals surface area contributed by atoms with Crippen molar-refractivity contribution in [3.63, 3.8) is 0 Å². The lowest BCUT2D eigenvalue weighted by molar-refractivity contribution is 1.05. The van der Waals surface area contributed by atoms with Gasteiger partial charge in [-0.15, -0.1) is 0 Å². The van der Waals surface area contributed by atoms with Crippen molar-refractivity contribution < 1.29 is 0 Å². The average Bonchev–Trinajstić information content (AvgIpc) is 2.69. The number of fused-ring (bicyclic) bond motifs is 1. The quantitative estimate of drug-likeness (QED) is 0.502. The van der Waals surface area contributed by atoms with E-state index in [0.29, 0.717) is 14.8 Å². The Morgan fingerprint density at radius 1 is 1.15 bits per heavy atom. The minimum Gasteiger partial charge on any atom is -0.330 e. The fourth-order valence-electron chi connectivity index (χ4n) is 2.16. The summed E-state index contributed by atoms with van der Waals surface area (Å²) in [5, 5.41) is 1.02. The van der Waals surface area contributed by atoms with Gasteiger partial charge in [0.25, 0.3) is 0 Å². The van der Waals surface area contributed by atoms with Crippen LogP contribution in [0.3, 0.4) is 0 Å². The number of aromatic nitrogens is 2. The first-order valence-electron chi connectivity index (χ1n) is 5.83. The second-order valence-electron chi connectivity index (χ2n) is 4.48. The molecule has 3 aromatic rings. The smallest absolute Gasteiger partial charge is 0.182 e. The van der Waals surface area contributed by atoms with E-state index in [2.05, 4.69) is 20.9 Å². The zero-order chi connectivity index (χ0) is 14.4. The summed E-state index contributed by atoms with van der Waals surface area (Å²) in [6.07, 6.45) is 0. The Balaban J connectivity index is 2.42. The average molecular weight is 388 g/mol. The van der Waals surface area contributed by atoms with E-state index in [-0.39, 0.29) is 0 Å². The Labute approximate surface area is 139 Å². The number of aromatic amines is 1. The van der Waals surface area contributed by atoms with Crippen LogP contribution in [-0.4, -0.2) is 9.55 Å². The molecule has 3 rings (SSSR count). The third-order valence-electron chi connectivity index (χ3n) is 3.14. The van der Waals surface area contributed by atoms with E-state index in [9.17, 15) is 0 Å². The van der Waals surface area contributed by atoms with Crippen molar-refractivity contribution in [3.05, 3.63) is 55.2 Å². The number of aryl methyl sites for hydroxylation is 1. The molecule has 1 aromatic heterocycles. The van der Waals surface area contributed by atoms with Gasteiger partial charge >= 0.3 is 0 Å². The van der Waals surface area contributed by atoms with E-state index in [1.165, 1.54) is 0 Å². The molecule has 0 aliphatic carbocycles. The number of hydrogen-bond donors (Lipinski definition) is 1. The van der Waals surface area contributed by atoms with Crippen LogP contribution < -0.4 is 0 Å². The molecule has 0 fully saturated rings. The van der Waals surface area contributed by atoms with Crippen molar-refractivity contribution >= 4 is 62.4 Å². The van der Waals surface area contributed by atoms with Gasteiger partial charge in [0.2, 0.25) is 0 Å². The molecule has 6 heteroatoms. The number of nitrogens with zero attached hydrogens (tertiary/aromatic N) is 1. The van der Waals surface area contributed by atoms with Crippen molar-refractivity contribution in [3.8, 4) is 5.69 Å². The summed E-state index contributed by atoms with van der Waals surface area (Å²) in [5.41, 5.74) is 3.90. The molecule has 1 N–H and O–H groups in total.